The van der Waals surface area contributed by atoms with E-state index in [0.29, 0.717) is 11.8 Å². The molecule has 23 heavy (non-hydrogen) atoms. The van der Waals surface area contributed by atoms with Crippen molar-refractivity contribution in [2.75, 3.05) is 58.9 Å². The molecule has 0 radical (unpaired) electrons. The lowest BCUT2D eigenvalue weighted by Gasteiger charge is -2.35. The van der Waals surface area contributed by atoms with Crippen molar-refractivity contribution in [3.63, 3.8) is 0 Å². The summed E-state index contributed by atoms with van der Waals surface area (Å²) in [5.74, 6) is 2.19. The summed E-state index contributed by atoms with van der Waals surface area (Å²) in [6.45, 7) is 21.1. The average molecular weight is 439 g/mol. The number of guanidine groups is 1. The molecule has 1 unspecified atom stereocenters. The minimum absolute atomic E-state index is 0. The molecule has 0 aromatic rings. The number of aliphatic imine (C=N–C) groups is 1. The quantitative estimate of drug-likeness (QED) is 0.345. The molecule has 1 atom stereocenters. The van der Waals surface area contributed by atoms with Crippen molar-refractivity contribution in [2.24, 2.45) is 16.8 Å². The van der Waals surface area contributed by atoms with Gasteiger partial charge in [0.05, 0.1) is 0 Å². The number of hydrogen-bond acceptors (Lipinski definition) is 3. The Labute approximate surface area is 160 Å². The molecule has 0 aromatic carbocycles. The number of halogens is 1. The number of hydrogen-bond donors (Lipinski definition) is 2. The van der Waals surface area contributed by atoms with Gasteiger partial charge in [-0.05, 0) is 25.3 Å². The van der Waals surface area contributed by atoms with Gasteiger partial charge in [0.2, 0.25) is 0 Å². The zero-order valence-electron chi connectivity index (χ0n) is 15.8. The average Bonchev–Trinajstić information content (AvgIpc) is 2.50. The maximum absolute atomic E-state index is 4.63. The number of nitrogens with zero attached hydrogens (tertiary/aromatic N) is 3. The zero-order chi connectivity index (χ0) is 16.4. The first-order chi connectivity index (χ1) is 10.5. The smallest absolute Gasteiger partial charge is 0.191 e. The van der Waals surface area contributed by atoms with Crippen LogP contribution in [0.15, 0.2) is 4.99 Å². The van der Waals surface area contributed by atoms with E-state index in [1.54, 1.807) is 0 Å². The van der Waals surface area contributed by atoms with E-state index in [9.17, 15) is 0 Å². The van der Waals surface area contributed by atoms with Crippen LogP contribution in [0.2, 0.25) is 0 Å². The second kappa shape index (κ2) is 13.2. The highest BCUT2D eigenvalue weighted by molar-refractivity contribution is 14.0. The molecule has 0 spiro atoms. The largest absolute Gasteiger partial charge is 0.357 e. The fourth-order valence-electron chi connectivity index (χ4n) is 2.68. The third-order valence-corrected chi connectivity index (χ3v) is 4.06. The molecule has 138 valence electrons. The van der Waals surface area contributed by atoms with E-state index in [2.05, 4.69) is 60.0 Å². The summed E-state index contributed by atoms with van der Waals surface area (Å²) in [6, 6.07) is 0. The third-order valence-electron chi connectivity index (χ3n) is 4.06. The highest BCUT2D eigenvalue weighted by atomic mass is 127. The van der Waals surface area contributed by atoms with Gasteiger partial charge in [0.25, 0.3) is 0 Å². The van der Waals surface area contributed by atoms with Gasteiger partial charge >= 0.3 is 0 Å². The summed E-state index contributed by atoms with van der Waals surface area (Å²) in [7, 11) is 0. The Morgan fingerprint density at radius 1 is 1.00 bits per heavy atom. The molecule has 1 fully saturated rings. The number of piperazine rings is 1. The van der Waals surface area contributed by atoms with E-state index in [1.165, 1.54) is 39.3 Å². The van der Waals surface area contributed by atoms with Gasteiger partial charge in [-0.15, -0.1) is 24.0 Å². The summed E-state index contributed by atoms with van der Waals surface area (Å²) in [6.07, 6.45) is 0. The summed E-state index contributed by atoms with van der Waals surface area (Å²) >= 11 is 0. The zero-order valence-corrected chi connectivity index (χ0v) is 18.1. The van der Waals surface area contributed by atoms with Crippen LogP contribution in [0.4, 0.5) is 0 Å². The molecule has 1 saturated heterocycles. The van der Waals surface area contributed by atoms with Gasteiger partial charge in [0.15, 0.2) is 5.96 Å². The van der Waals surface area contributed by atoms with E-state index in [0.717, 1.165) is 25.6 Å². The maximum Gasteiger partial charge on any atom is 0.191 e. The van der Waals surface area contributed by atoms with Gasteiger partial charge < -0.3 is 20.4 Å². The Hall–Kier alpha value is -0.0800. The normalized spacial score (nSPS) is 18.6. The lowest BCUT2D eigenvalue weighted by Crippen LogP contribution is -2.48. The molecular formula is C17H38IN5. The van der Waals surface area contributed by atoms with Crippen molar-refractivity contribution in [2.45, 2.75) is 34.6 Å². The molecule has 0 amide bonds. The molecular weight excluding hydrogens is 401 g/mol. The minimum Gasteiger partial charge on any atom is -0.357 e. The van der Waals surface area contributed by atoms with Crippen LogP contribution in [0.5, 0.6) is 0 Å². The number of nitrogens with one attached hydrogen (secondary N) is 2. The Kier molecular flexibility index (Phi) is 13.2. The van der Waals surface area contributed by atoms with E-state index in [4.69, 9.17) is 0 Å². The van der Waals surface area contributed by atoms with Gasteiger partial charge in [-0.25, -0.2) is 0 Å². The van der Waals surface area contributed by atoms with Crippen LogP contribution in [0.25, 0.3) is 0 Å². The van der Waals surface area contributed by atoms with Crippen LogP contribution < -0.4 is 10.6 Å². The number of rotatable bonds is 8. The third kappa shape index (κ3) is 10.4. The van der Waals surface area contributed by atoms with Gasteiger partial charge in [-0.2, -0.15) is 0 Å². The molecule has 1 aliphatic rings. The van der Waals surface area contributed by atoms with Crippen LogP contribution in [-0.2, 0) is 0 Å². The lowest BCUT2D eigenvalue weighted by molar-refractivity contribution is 0.124. The van der Waals surface area contributed by atoms with E-state index >= 15 is 0 Å². The molecule has 0 bridgehead atoms. The summed E-state index contributed by atoms with van der Waals surface area (Å²) in [5, 5.41) is 6.82. The van der Waals surface area contributed by atoms with Crippen LogP contribution >= 0.6 is 24.0 Å². The summed E-state index contributed by atoms with van der Waals surface area (Å²) < 4.78 is 0. The molecule has 2 N–H and O–H groups in total. The molecule has 1 heterocycles. The number of likely N-dealkylation sites (N-methyl/N-ethyl adjacent to an activating group) is 1. The first-order valence-electron chi connectivity index (χ1n) is 9.02. The van der Waals surface area contributed by atoms with Crippen LogP contribution in [-0.4, -0.2) is 74.7 Å². The fraction of sp³-hybridized carbons (Fsp3) is 0.941. The van der Waals surface area contributed by atoms with E-state index in [-0.39, 0.29) is 24.0 Å². The van der Waals surface area contributed by atoms with Crippen molar-refractivity contribution in [3.05, 3.63) is 0 Å². The summed E-state index contributed by atoms with van der Waals surface area (Å²) in [4.78, 5) is 9.75. The second-order valence-electron chi connectivity index (χ2n) is 6.83. The van der Waals surface area contributed by atoms with Crippen molar-refractivity contribution in [1.82, 2.24) is 20.4 Å². The second-order valence-corrected chi connectivity index (χ2v) is 6.83. The molecule has 0 aromatic heterocycles. The fourth-order valence-corrected chi connectivity index (χ4v) is 2.68. The Morgan fingerprint density at radius 2 is 1.61 bits per heavy atom. The Bertz CT molecular complexity index is 314. The van der Waals surface area contributed by atoms with Crippen molar-refractivity contribution < 1.29 is 0 Å². The topological polar surface area (TPSA) is 42.9 Å². The van der Waals surface area contributed by atoms with E-state index in [1.807, 2.05) is 0 Å². The molecule has 1 rings (SSSR count). The maximum atomic E-state index is 4.63. The van der Waals surface area contributed by atoms with Crippen molar-refractivity contribution in [1.29, 1.82) is 0 Å². The van der Waals surface area contributed by atoms with Crippen LogP contribution in [0.3, 0.4) is 0 Å². The van der Waals surface area contributed by atoms with E-state index < -0.39 is 0 Å². The Morgan fingerprint density at radius 3 is 2.13 bits per heavy atom. The molecule has 0 aliphatic carbocycles. The predicted octanol–water partition coefficient (Wildman–Crippen LogP) is 2.09. The molecule has 6 heteroatoms. The SMILES string of the molecule is CCNC(=NCC(C)C)NCC(C)CN1CCN(CC)CC1.I. The molecule has 5 nitrogen and oxygen atoms in total. The first kappa shape index (κ1) is 22.9. The van der Waals surface area contributed by atoms with Crippen molar-refractivity contribution >= 4 is 29.9 Å². The van der Waals surface area contributed by atoms with Crippen molar-refractivity contribution in [3.8, 4) is 0 Å². The standard InChI is InChI=1S/C17H37N5.HI/c1-6-18-17(19-12-15(3)4)20-13-16(5)14-22-10-8-21(7-2)9-11-22;/h15-16H,6-14H2,1-5H3,(H2,18,19,20);1H. The van der Waals surface area contributed by atoms with Gasteiger partial charge in [-0.3, -0.25) is 4.99 Å². The molecule has 1 aliphatic heterocycles. The molecule has 0 saturated carbocycles. The predicted molar refractivity (Wildman–Crippen MR) is 112 cm³/mol. The van der Waals surface area contributed by atoms with Crippen LogP contribution in [0.1, 0.15) is 34.6 Å². The highest BCUT2D eigenvalue weighted by Gasteiger charge is 2.17. The van der Waals surface area contributed by atoms with Gasteiger partial charge in [-0.1, -0.05) is 27.7 Å². The van der Waals surface area contributed by atoms with Crippen LogP contribution in [0, 0.1) is 11.8 Å². The first-order valence-corrected chi connectivity index (χ1v) is 9.02. The summed E-state index contributed by atoms with van der Waals surface area (Å²) in [5.41, 5.74) is 0. The van der Waals surface area contributed by atoms with Gasteiger partial charge in [0.1, 0.15) is 0 Å². The Balaban J connectivity index is 0.00000484. The lowest BCUT2D eigenvalue weighted by atomic mass is 10.1. The highest BCUT2D eigenvalue weighted by Crippen LogP contribution is 2.05. The minimum atomic E-state index is 0. The van der Waals surface area contributed by atoms with Gasteiger partial charge in [0, 0.05) is 52.4 Å². The monoisotopic (exact) mass is 439 g/mol.